The average Bonchev–Trinajstić information content (AvgIpc) is 2.51. The number of aromatic nitrogens is 3. The first kappa shape index (κ1) is 9.61. The van der Waals surface area contributed by atoms with Crippen LogP contribution in [0.5, 0.6) is 0 Å². The predicted molar refractivity (Wildman–Crippen MR) is 51.5 cm³/mol. The molecule has 0 aliphatic heterocycles. The van der Waals surface area contributed by atoms with Crippen LogP contribution < -0.4 is 5.73 Å². The number of aliphatic hydroxyl groups excluding tert-OH is 1. The summed E-state index contributed by atoms with van der Waals surface area (Å²) in [7, 11) is 0. The van der Waals surface area contributed by atoms with Gasteiger partial charge in [0.05, 0.1) is 17.9 Å². The van der Waals surface area contributed by atoms with E-state index >= 15 is 0 Å². The van der Waals surface area contributed by atoms with E-state index in [4.69, 9.17) is 10.8 Å². The fourth-order valence-corrected chi connectivity index (χ4v) is 1.74. The van der Waals surface area contributed by atoms with Gasteiger partial charge in [0.1, 0.15) is 0 Å². The van der Waals surface area contributed by atoms with Crippen molar-refractivity contribution < 1.29 is 5.11 Å². The number of aliphatic hydroxyl groups is 1. The van der Waals surface area contributed by atoms with Gasteiger partial charge in [-0.2, -0.15) is 0 Å². The minimum Gasteiger partial charge on any atom is -0.396 e. The molecule has 0 amide bonds. The zero-order valence-corrected chi connectivity index (χ0v) is 8.30. The van der Waals surface area contributed by atoms with Gasteiger partial charge in [0.25, 0.3) is 0 Å². The Morgan fingerprint density at radius 2 is 2.43 bits per heavy atom. The van der Waals surface area contributed by atoms with Gasteiger partial charge < -0.3 is 10.8 Å². The van der Waals surface area contributed by atoms with Crippen LogP contribution in [0.4, 0.5) is 0 Å². The van der Waals surface area contributed by atoms with Crippen LogP contribution in [0.1, 0.15) is 37.5 Å². The third-order valence-electron chi connectivity index (χ3n) is 2.84. The van der Waals surface area contributed by atoms with Crippen molar-refractivity contribution in [2.24, 2.45) is 11.7 Å². The predicted octanol–water partition coefficient (Wildman–Crippen LogP) is 0.241. The number of nitrogens with two attached hydrogens (primary N) is 1. The molecule has 78 valence electrons. The summed E-state index contributed by atoms with van der Waals surface area (Å²) in [6.45, 7) is 2.18. The number of hydrogen-bond acceptors (Lipinski definition) is 4. The van der Waals surface area contributed by atoms with Crippen LogP contribution in [0.3, 0.4) is 0 Å². The first-order chi connectivity index (χ1) is 6.70. The molecular weight excluding hydrogens is 180 g/mol. The van der Waals surface area contributed by atoms with Gasteiger partial charge in [0.2, 0.25) is 0 Å². The summed E-state index contributed by atoms with van der Waals surface area (Å²) in [5.41, 5.74) is 6.52. The van der Waals surface area contributed by atoms with Crippen molar-refractivity contribution in [2.75, 3.05) is 6.61 Å². The van der Waals surface area contributed by atoms with Gasteiger partial charge in [-0.3, -0.25) is 0 Å². The maximum Gasteiger partial charge on any atom is 0.0991 e. The molecule has 0 aromatic carbocycles. The van der Waals surface area contributed by atoms with E-state index in [2.05, 4.69) is 10.3 Å². The average molecular weight is 196 g/mol. The van der Waals surface area contributed by atoms with Crippen LogP contribution in [-0.4, -0.2) is 26.7 Å². The van der Waals surface area contributed by atoms with Crippen molar-refractivity contribution >= 4 is 0 Å². The number of rotatable bonds is 3. The molecule has 3 N–H and O–H groups in total. The molecule has 1 aromatic rings. The van der Waals surface area contributed by atoms with E-state index in [0.29, 0.717) is 12.0 Å². The zero-order chi connectivity index (χ0) is 10.1. The molecule has 5 heteroatoms. The normalized spacial score (nSPS) is 28.5. The Morgan fingerprint density at radius 3 is 2.93 bits per heavy atom. The Hall–Kier alpha value is -0.940. The molecule has 1 saturated carbocycles. The highest BCUT2D eigenvalue weighted by molar-refractivity contribution is 4.99. The highest BCUT2D eigenvalue weighted by Crippen LogP contribution is 2.36. The number of hydrogen-bond donors (Lipinski definition) is 2. The highest BCUT2D eigenvalue weighted by Gasteiger charge is 2.30. The fraction of sp³-hybridized carbons (Fsp3) is 0.778. The van der Waals surface area contributed by atoms with Crippen LogP contribution in [0, 0.1) is 5.92 Å². The Balaban J connectivity index is 1.98. The Morgan fingerprint density at radius 1 is 1.71 bits per heavy atom. The summed E-state index contributed by atoms with van der Waals surface area (Å²) in [6.07, 6.45) is 3.90. The summed E-state index contributed by atoms with van der Waals surface area (Å²) in [6, 6.07) is 0.351. The van der Waals surface area contributed by atoms with Gasteiger partial charge in [0.15, 0.2) is 0 Å². The molecule has 0 radical (unpaired) electrons. The third kappa shape index (κ3) is 1.65. The highest BCUT2D eigenvalue weighted by atomic mass is 16.3. The molecule has 1 atom stereocenters. The first-order valence-corrected chi connectivity index (χ1v) is 4.99. The minimum atomic E-state index is -0.0579. The quantitative estimate of drug-likeness (QED) is 0.726. The molecule has 1 aliphatic carbocycles. The van der Waals surface area contributed by atoms with Gasteiger partial charge in [0, 0.05) is 12.6 Å². The van der Waals surface area contributed by atoms with Crippen molar-refractivity contribution in [2.45, 2.75) is 31.8 Å². The minimum absolute atomic E-state index is 0.0579. The zero-order valence-electron chi connectivity index (χ0n) is 8.30. The molecule has 1 aromatic heterocycles. The van der Waals surface area contributed by atoms with E-state index in [1.165, 1.54) is 0 Å². The lowest BCUT2D eigenvalue weighted by Crippen LogP contribution is -2.29. The molecule has 0 bridgehead atoms. The fourth-order valence-electron chi connectivity index (χ4n) is 1.74. The Kier molecular flexibility index (Phi) is 2.52. The standard InChI is InChI=1S/C9H16N4O/c1-6(10)9-4-13(12-11-9)8-2-7(3-8)5-14/h4,6-8,14H,2-3,5,10H2,1H3. The molecule has 1 heterocycles. The van der Waals surface area contributed by atoms with E-state index in [-0.39, 0.29) is 12.6 Å². The molecular formula is C9H16N4O. The maximum atomic E-state index is 8.88. The van der Waals surface area contributed by atoms with Crippen LogP contribution in [-0.2, 0) is 0 Å². The molecule has 0 spiro atoms. The third-order valence-corrected chi connectivity index (χ3v) is 2.84. The lowest BCUT2D eigenvalue weighted by molar-refractivity contribution is 0.104. The van der Waals surface area contributed by atoms with E-state index < -0.39 is 0 Å². The lowest BCUT2D eigenvalue weighted by Gasteiger charge is -2.33. The second-order valence-corrected chi connectivity index (χ2v) is 4.09. The monoisotopic (exact) mass is 196 g/mol. The van der Waals surface area contributed by atoms with Crippen LogP contribution in [0.2, 0.25) is 0 Å². The molecule has 2 rings (SSSR count). The summed E-state index contributed by atoms with van der Waals surface area (Å²) in [4.78, 5) is 0. The summed E-state index contributed by atoms with van der Waals surface area (Å²) in [5.74, 6) is 0.447. The number of nitrogens with zero attached hydrogens (tertiary/aromatic N) is 3. The molecule has 1 aliphatic rings. The van der Waals surface area contributed by atoms with Gasteiger partial charge >= 0.3 is 0 Å². The van der Waals surface area contributed by atoms with Crippen molar-refractivity contribution in [3.8, 4) is 0 Å². The van der Waals surface area contributed by atoms with Crippen molar-refractivity contribution in [1.82, 2.24) is 15.0 Å². The van der Waals surface area contributed by atoms with Crippen molar-refractivity contribution in [3.63, 3.8) is 0 Å². The summed E-state index contributed by atoms with van der Waals surface area (Å²) in [5, 5.41) is 16.9. The molecule has 1 unspecified atom stereocenters. The van der Waals surface area contributed by atoms with Gasteiger partial charge in [-0.15, -0.1) is 5.10 Å². The van der Waals surface area contributed by atoms with Gasteiger partial charge in [-0.05, 0) is 25.7 Å². The second-order valence-electron chi connectivity index (χ2n) is 4.09. The van der Waals surface area contributed by atoms with Crippen LogP contribution >= 0.6 is 0 Å². The summed E-state index contributed by atoms with van der Waals surface area (Å²) < 4.78 is 1.87. The molecule has 14 heavy (non-hydrogen) atoms. The first-order valence-electron chi connectivity index (χ1n) is 4.99. The second kappa shape index (κ2) is 3.67. The largest absolute Gasteiger partial charge is 0.396 e. The van der Waals surface area contributed by atoms with Crippen molar-refractivity contribution in [1.29, 1.82) is 0 Å². The lowest BCUT2D eigenvalue weighted by atomic mass is 9.81. The van der Waals surface area contributed by atoms with E-state index in [1.807, 2.05) is 17.8 Å². The maximum absolute atomic E-state index is 8.88. The molecule has 0 saturated heterocycles. The molecule has 1 fully saturated rings. The van der Waals surface area contributed by atoms with E-state index in [0.717, 1.165) is 18.5 Å². The van der Waals surface area contributed by atoms with E-state index in [9.17, 15) is 0 Å². The van der Waals surface area contributed by atoms with Gasteiger partial charge in [-0.1, -0.05) is 5.21 Å². The van der Waals surface area contributed by atoms with E-state index in [1.54, 1.807) is 0 Å². The molecule has 5 nitrogen and oxygen atoms in total. The smallest absolute Gasteiger partial charge is 0.0991 e. The SMILES string of the molecule is CC(N)c1cn(C2CC(CO)C2)nn1. The van der Waals surface area contributed by atoms with Crippen molar-refractivity contribution in [3.05, 3.63) is 11.9 Å². The van der Waals surface area contributed by atoms with Crippen LogP contribution in [0.15, 0.2) is 6.20 Å². The topological polar surface area (TPSA) is 77.0 Å². The Labute approximate surface area is 82.9 Å². The Bertz CT molecular complexity index is 304. The van der Waals surface area contributed by atoms with Gasteiger partial charge in [-0.25, -0.2) is 4.68 Å². The summed E-state index contributed by atoms with van der Waals surface area (Å²) >= 11 is 0. The van der Waals surface area contributed by atoms with Crippen LogP contribution in [0.25, 0.3) is 0 Å².